The Bertz CT molecular complexity index is 1570. The van der Waals surface area contributed by atoms with Crippen LogP contribution in [0.1, 0.15) is 245 Å². The molecule has 1 unspecified atom stereocenters. The molecule has 0 spiro atoms. The number of phosphoric acid groups is 1. The van der Waals surface area contributed by atoms with E-state index >= 15 is 0 Å². The fourth-order valence-electron chi connectivity index (χ4n) is 7.93. The minimum atomic E-state index is -4.40. The van der Waals surface area contributed by atoms with E-state index in [-0.39, 0.29) is 32.0 Å². The molecule has 0 aliphatic rings. The maximum Gasteiger partial charge on any atom is 0.472 e. The van der Waals surface area contributed by atoms with Gasteiger partial charge >= 0.3 is 19.8 Å². The minimum absolute atomic E-state index is 0.0182. The summed E-state index contributed by atoms with van der Waals surface area (Å²) in [5.41, 5.74) is 0. The molecule has 9 nitrogen and oxygen atoms in total. The molecule has 10 heteroatoms. The molecule has 0 heterocycles. The van der Waals surface area contributed by atoms with Crippen LogP contribution in [0.4, 0.5) is 0 Å². The third kappa shape index (κ3) is 58.2. The number of ether oxygens (including phenoxy) is 2. The third-order valence-electron chi connectivity index (χ3n) is 12.6. The van der Waals surface area contributed by atoms with E-state index in [9.17, 15) is 19.0 Å². The van der Waals surface area contributed by atoms with E-state index in [1.54, 1.807) is 0 Å². The fourth-order valence-corrected chi connectivity index (χ4v) is 8.67. The molecule has 0 aliphatic heterocycles. The van der Waals surface area contributed by atoms with Crippen molar-refractivity contribution in [3.05, 3.63) is 97.2 Å². The number of carbonyl (C=O) groups is 2. The van der Waals surface area contributed by atoms with Gasteiger partial charge in [-0.3, -0.25) is 18.6 Å². The smallest absolute Gasteiger partial charge is 0.462 e. The van der Waals surface area contributed by atoms with Crippen molar-refractivity contribution in [3.63, 3.8) is 0 Å². The van der Waals surface area contributed by atoms with Crippen LogP contribution in [-0.2, 0) is 32.7 Å². The van der Waals surface area contributed by atoms with Gasteiger partial charge in [0.05, 0.1) is 27.7 Å². The number of nitrogens with zero attached hydrogens (tertiary/aromatic N) is 1. The first-order valence-corrected chi connectivity index (χ1v) is 31.5. The molecule has 426 valence electrons. The lowest BCUT2D eigenvalue weighted by Gasteiger charge is -2.24. The second-order valence-electron chi connectivity index (χ2n) is 21.0. The second-order valence-corrected chi connectivity index (χ2v) is 22.5. The number of phosphoric ester groups is 1. The lowest BCUT2D eigenvalue weighted by atomic mass is 10.0. The molecule has 1 N–H and O–H groups in total. The molecular formula is C64H113NO8P+. The maximum absolute atomic E-state index is 12.8. The van der Waals surface area contributed by atoms with Crippen LogP contribution < -0.4 is 0 Å². The highest BCUT2D eigenvalue weighted by atomic mass is 31.2. The molecule has 0 aromatic carbocycles. The molecule has 0 saturated carbocycles. The first-order valence-electron chi connectivity index (χ1n) is 30.0. The summed E-state index contributed by atoms with van der Waals surface area (Å²) in [7, 11) is 1.44. The van der Waals surface area contributed by atoms with Gasteiger partial charge in [0.25, 0.3) is 0 Å². The van der Waals surface area contributed by atoms with Gasteiger partial charge in [-0.05, 0) is 96.3 Å². The quantitative estimate of drug-likeness (QED) is 0.0211. The largest absolute Gasteiger partial charge is 0.472 e. The van der Waals surface area contributed by atoms with Crippen molar-refractivity contribution < 1.29 is 42.1 Å². The number of carbonyl (C=O) groups excluding carboxylic acids is 2. The molecule has 0 aromatic heterocycles. The Morgan fingerprint density at radius 1 is 0.419 bits per heavy atom. The molecule has 0 amide bonds. The van der Waals surface area contributed by atoms with E-state index in [1.165, 1.54) is 148 Å². The Balaban J connectivity index is 4.10. The van der Waals surface area contributed by atoms with Crippen LogP contribution in [0.2, 0.25) is 0 Å². The number of hydrogen-bond acceptors (Lipinski definition) is 7. The van der Waals surface area contributed by atoms with Gasteiger partial charge in [-0.25, -0.2) is 4.57 Å². The van der Waals surface area contributed by atoms with E-state index in [0.717, 1.165) is 57.8 Å². The summed E-state index contributed by atoms with van der Waals surface area (Å²) in [6.45, 7) is 4.31. The van der Waals surface area contributed by atoms with Crippen molar-refractivity contribution in [3.8, 4) is 0 Å². The topological polar surface area (TPSA) is 108 Å². The van der Waals surface area contributed by atoms with Gasteiger partial charge in [0, 0.05) is 12.8 Å². The highest BCUT2D eigenvalue weighted by molar-refractivity contribution is 7.47. The van der Waals surface area contributed by atoms with Crippen LogP contribution in [0.5, 0.6) is 0 Å². The van der Waals surface area contributed by atoms with E-state index in [1.807, 2.05) is 21.1 Å². The Morgan fingerprint density at radius 3 is 1.12 bits per heavy atom. The highest BCUT2D eigenvalue weighted by Crippen LogP contribution is 2.43. The number of allylic oxidation sites excluding steroid dienone is 16. The van der Waals surface area contributed by atoms with Gasteiger partial charge in [-0.1, -0.05) is 233 Å². The Hall–Kier alpha value is -3.07. The predicted octanol–water partition coefficient (Wildman–Crippen LogP) is 18.8. The van der Waals surface area contributed by atoms with Crippen molar-refractivity contribution in [2.45, 2.75) is 251 Å². The third-order valence-corrected chi connectivity index (χ3v) is 13.6. The van der Waals surface area contributed by atoms with Crippen LogP contribution in [0, 0.1) is 0 Å². The van der Waals surface area contributed by atoms with E-state index in [0.29, 0.717) is 23.9 Å². The summed E-state index contributed by atoms with van der Waals surface area (Å²) in [4.78, 5) is 35.6. The molecule has 2 atom stereocenters. The molecule has 0 fully saturated rings. The van der Waals surface area contributed by atoms with E-state index in [4.69, 9.17) is 18.5 Å². The zero-order valence-corrected chi connectivity index (χ0v) is 49.2. The van der Waals surface area contributed by atoms with Crippen molar-refractivity contribution >= 4 is 19.8 Å². The standard InChI is InChI=1S/C64H112NO8P/c1-6-8-10-12-14-16-18-20-22-24-25-26-27-28-29-30-31-32-33-34-35-36-37-38-39-41-42-44-46-48-50-52-54-56-63(66)70-60-62(61-72-74(68,69)71-59-58-65(3,4)5)73-64(67)57-55-53-51-49-47-45-43-40-23-21-19-17-15-13-11-9-7-2/h14-17,20-23,25-26,28-29,43,45,49,51,62H,6-13,18-19,24,27,30-42,44,46-48,50,52-61H2,1-5H3/p+1/b16-14-,17-15-,22-20-,23-21-,26-25-,29-28-,45-43-,51-49-/t62-/m1/s1. The summed E-state index contributed by atoms with van der Waals surface area (Å²) >= 11 is 0. The number of quaternary nitrogens is 1. The van der Waals surface area contributed by atoms with Crippen molar-refractivity contribution in [2.24, 2.45) is 0 Å². The molecular weight excluding hydrogens is 942 g/mol. The van der Waals surface area contributed by atoms with Gasteiger partial charge < -0.3 is 18.9 Å². The molecule has 0 radical (unpaired) electrons. The lowest BCUT2D eigenvalue weighted by molar-refractivity contribution is -0.870. The summed E-state index contributed by atoms with van der Waals surface area (Å²) in [5, 5.41) is 0. The predicted molar refractivity (Wildman–Crippen MR) is 316 cm³/mol. The van der Waals surface area contributed by atoms with Gasteiger partial charge in [-0.2, -0.15) is 0 Å². The van der Waals surface area contributed by atoms with Gasteiger partial charge in [0.15, 0.2) is 6.10 Å². The number of esters is 2. The Morgan fingerprint density at radius 2 is 0.743 bits per heavy atom. The summed E-state index contributed by atoms with van der Waals surface area (Å²) < 4.78 is 34.5. The highest BCUT2D eigenvalue weighted by Gasteiger charge is 2.27. The Kier molecular flexibility index (Phi) is 52.4. The summed E-state index contributed by atoms with van der Waals surface area (Å²) in [6, 6.07) is 0. The molecule has 0 rings (SSSR count). The molecule has 0 bridgehead atoms. The normalized spacial score (nSPS) is 14.0. The van der Waals surface area contributed by atoms with E-state index in [2.05, 4.69) is 111 Å². The number of rotatable bonds is 54. The SMILES string of the molecule is CCCCC/C=C\C/C=C\C/C=C\C/C=C\CCCCCCCCCCCCCCCCCCCC(=O)OC[C@H](COP(=O)(O)OCC[N+](C)(C)C)OC(=O)CCC/C=C\C/C=C\C/C=C\C/C=C\CCCCC. The molecule has 0 aliphatic carbocycles. The van der Waals surface area contributed by atoms with Crippen LogP contribution in [0.3, 0.4) is 0 Å². The lowest BCUT2D eigenvalue weighted by Crippen LogP contribution is -2.37. The summed E-state index contributed by atoms with van der Waals surface area (Å²) in [5.74, 6) is -0.863. The minimum Gasteiger partial charge on any atom is -0.462 e. The fraction of sp³-hybridized carbons (Fsp3) is 0.719. The van der Waals surface area contributed by atoms with Crippen LogP contribution in [0.15, 0.2) is 97.2 Å². The van der Waals surface area contributed by atoms with Crippen molar-refractivity contribution in [2.75, 3.05) is 47.5 Å². The first kappa shape index (κ1) is 70.9. The zero-order chi connectivity index (χ0) is 54.2. The Labute approximate surface area is 455 Å². The van der Waals surface area contributed by atoms with Crippen LogP contribution in [0.25, 0.3) is 0 Å². The van der Waals surface area contributed by atoms with Gasteiger partial charge in [-0.15, -0.1) is 0 Å². The average Bonchev–Trinajstić information content (AvgIpc) is 3.36. The molecule has 74 heavy (non-hydrogen) atoms. The van der Waals surface area contributed by atoms with Crippen LogP contribution in [-0.4, -0.2) is 74.9 Å². The van der Waals surface area contributed by atoms with Crippen molar-refractivity contribution in [1.82, 2.24) is 0 Å². The zero-order valence-electron chi connectivity index (χ0n) is 48.3. The van der Waals surface area contributed by atoms with Crippen LogP contribution >= 0.6 is 7.82 Å². The molecule has 0 saturated heterocycles. The monoisotopic (exact) mass is 1050 g/mol. The number of hydrogen-bond donors (Lipinski definition) is 1. The number of likely N-dealkylation sites (N-methyl/N-ethyl adjacent to an activating group) is 1. The molecule has 0 aromatic rings. The first-order chi connectivity index (χ1) is 36.0. The maximum atomic E-state index is 12.8. The summed E-state index contributed by atoms with van der Waals surface area (Å²) in [6.07, 6.45) is 75.0. The van der Waals surface area contributed by atoms with Gasteiger partial charge in [0.2, 0.25) is 0 Å². The average molecular weight is 1060 g/mol. The number of unbranched alkanes of at least 4 members (excludes halogenated alkanes) is 24. The second kappa shape index (κ2) is 54.7. The van der Waals surface area contributed by atoms with Crippen molar-refractivity contribution in [1.29, 1.82) is 0 Å². The van der Waals surface area contributed by atoms with E-state index < -0.39 is 26.5 Å². The van der Waals surface area contributed by atoms with Gasteiger partial charge in [0.1, 0.15) is 19.8 Å².